The summed E-state index contributed by atoms with van der Waals surface area (Å²) in [5.74, 6) is -0.102. The molecular formula is C10H11N3O3S2. The van der Waals surface area contributed by atoms with E-state index in [4.69, 9.17) is 5.26 Å². The molecule has 0 aromatic carbocycles. The maximum atomic E-state index is 11.4. The van der Waals surface area contributed by atoms with Crippen LogP contribution in [-0.4, -0.2) is 35.5 Å². The molecule has 0 saturated heterocycles. The molecule has 1 heterocycles. The van der Waals surface area contributed by atoms with Crippen molar-refractivity contribution in [2.24, 2.45) is 0 Å². The van der Waals surface area contributed by atoms with Gasteiger partial charge in [-0.15, -0.1) is 23.1 Å². The van der Waals surface area contributed by atoms with Gasteiger partial charge in [0.2, 0.25) is 5.91 Å². The first-order chi connectivity index (χ1) is 8.65. The van der Waals surface area contributed by atoms with Crippen molar-refractivity contribution in [2.45, 2.75) is 6.42 Å². The van der Waals surface area contributed by atoms with Gasteiger partial charge in [0.15, 0.2) is 5.13 Å². The van der Waals surface area contributed by atoms with Gasteiger partial charge in [0.25, 0.3) is 0 Å². The summed E-state index contributed by atoms with van der Waals surface area (Å²) in [6, 6.07) is 1.94. The van der Waals surface area contributed by atoms with Gasteiger partial charge in [0, 0.05) is 5.38 Å². The number of methoxy groups -OCH3 is 1. The molecule has 8 heteroatoms. The molecule has 1 aromatic rings. The molecule has 1 rings (SSSR count). The molecule has 0 atom stereocenters. The van der Waals surface area contributed by atoms with Crippen LogP contribution in [-0.2, 0) is 20.7 Å². The van der Waals surface area contributed by atoms with Crippen LogP contribution >= 0.6 is 23.1 Å². The zero-order valence-corrected chi connectivity index (χ0v) is 11.3. The standard InChI is InChI=1S/C10H11N3O3S2/c1-16-9(15)4-7-5-18-10(12-7)13-8(14)6-17-3-2-11/h5H,3-4,6H2,1H3,(H,12,13,14). The Labute approximate surface area is 112 Å². The summed E-state index contributed by atoms with van der Waals surface area (Å²) in [7, 11) is 1.31. The summed E-state index contributed by atoms with van der Waals surface area (Å²) in [5.41, 5.74) is 0.562. The maximum Gasteiger partial charge on any atom is 0.311 e. The smallest absolute Gasteiger partial charge is 0.311 e. The highest BCUT2D eigenvalue weighted by Crippen LogP contribution is 2.16. The van der Waals surface area contributed by atoms with E-state index in [2.05, 4.69) is 15.0 Å². The normalized spacial score (nSPS) is 9.56. The summed E-state index contributed by atoms with van der Waals surface area (Å²) in [6.45, 7) is 0. The number of nitriles is 1. The summed E-state index contributed by atoms with van der Waals surface area (Å²) in [6.07, 6.45) is 0.0893. The highest BCUT2D eigenvalue weighted by atomic mass is 32.2. The van der Waals surface area contributed by atoms with Crippen LogP contribution < -0.4 is 5.32 Å². The molecule has 6 nitrogen and oxygen atoms in total. The van der Waals surface area contributed by atoms with Gasteiger partial charge in [-0.2, -0.15) is 5.26 Å². The number of thiazole rings is 1. The van der Waals surface area contributed by atoms with Crippen molar-refractivity contribution in [3.05, 3.63) is 11.1 Å². The number of rotatable bonds is 6. The highest BCUT2D eigenvalue weighted by Gasteiger charge is 2.09. The Bertz CT molecular complexity index is 467. The van der Waals surface area contributed by atoms with Gasteiger partial charge < -0.3 is 10.1 Å². The molecule has 0 aliphatic rings. The Morgan fingerprint density at radius 2 is 2.44 bits per heavy atom. The second kappa shape index (κ2) is 7.68. The number of anilines is 1. The zero-order valence-electron chi connectivity index (χ0n) is 9.63. The summed E-state index contributed by atoms with van der Waals surface area (Å²) < 4.78 is 4.51. The van der Waals surface area contributed by atoms with E-state index in [1.54, 1.807) is 5.38 Å². The van der Waals surface area contributed by atoms with Crippen LogP contribution in [0.4, 0.5) is 5.13 Å². The number of hydrogen-bond acceptors (Lipinski definition) is 7. The highest BCUT2D eigenvalue weighted by molar-refractivity contribution is 8.00. The predicted octanol–water partition coefficient (Wildman–Crippen LogP) is 1.05. The lowest BCUT2D eigenvalue weighted by Gasteiger charge is -1.99. The minimum absolute atomic E-state index is 0.0893. The van der Waals surface area contributed by atoms with Crippen molar-refractivity contribution in [3.8, 4) is 6.07 Å². The van der Waals surface area contributed by atoms with E-state index in [0.29, 0.717) is 10.8 Å². The van der Waals surface area contributed by atoms with E-state index < -0.39 is 0 Å². The SMILES string of the molecule is COC(=O)Cc1csc(NC(=O)CSCC#N)n1. The third kappa shape index (κ3) is 5.16. The van der Waals surface area contributed by atoms with Crippen molar-refractivity contribution in [1.82, 2.24) is 4.98 Å². The maximum absolute atomic E-state index is 11.4. The van der Waals surface area contributed by atoms with Gasteiger partial charge in [-0.25, -0.2) is 4.98 Å². The molecule has 0 radical (unpaired) electrons. The zero-order chi connectivity index (χ0) is 13.4. The van der Waals surface area contributed by atoms with Crippen LogP contribution in [0.1, 0.15) is 5.69 Å². The number of carbonyl (C=O) groups excluding carboxylic acids is 2. The molecule has 96 valence electrons. The summed E-state index contributed by atoms with van der Waals surface area (Å²) in [5, 5.41) is 13.1. The number of esters is 1. The lowest BCUT2D eigenvalue weighted by Crippen LogP contribution is -2.14. The third-order valence-corrected chi connectivity index (χ3v) is 3.36. The average molecular weight is 285 g/mol. The fourth-order valence-corrected chi connectivity index (χ4v) is 2.19. The van der Waals surface area contributed by atoms with Crippen molar-refractivity contribution in [2.75, 3.05) is 23.9 Å². The van der Waals surface area contributed by atoms with Gasteiger partial charge in [-0.05, 0) is 0 Å². The summed E-state index contributed by atoms with van der Waals surface area (Å²) in [4.78, 5) is 26.5. The Morgan fingerprint density at radius 3 is 3.11 bits per heavy atom. The minimum Gasteiger partial charge on any atom is -0.469 e. The van der Waals surface area contributed by atoms with Crippen LogP contribution in [0.2, 0.25) is 0 Å². The first kappa shape index (κ1) is 14.5. The molecule has 1 aromatic heterocycles. The van der Waals surface area contributed by atoms with E-state index in [-0.39, 0.29) is 29.8 Å². The fraction of sp³-hybridized carbons (Fsp3) is 0.400. The summed E-state index contributed by atoms with van der Waals surface area (Å²) >= 11 is 2.48. The largest absolute Gasteiger partial charge is 0.469 e. The van der Waals surface area contributed by atoms with Gasteiger partial charge in [0.05, 0.1) is 36.8 Å². The third-order valence-electron chi connectivity index (χ3n) is 1.75. The number of hydrogen-bond donors (Lipinski definition) is 1. The monoisotopic (exact) mass is 285 g/mol. The van der Waals surface area contributed by atoms with Crippen LogP contribution in [0.3, 0.4) is 0 Å². The molecule has 0 aliphatic carbocycles. The number of thioether (sulfide) groups is 1. The average Bonchev–Trinajstić information content (AvgIpc) is 2.76. The number of ether oxygens (including phenoxy) is 1. The lowest BCUT2D eigenvalue weighted by molar-refractivity contribution is -0.139. The second-order valence-corrected chi connectivity index (χ2v) is 4.94. The predicted molar refractivity (Wildman–Crippen MR) is 69.4 cm³/mol. The first-order valence-corrected chi connectivity index (χ1v) is 6.95. The fourth-order valence-electron chi connectivity index (χ4n) is 1.01. The Kier molecular flexibility index (Phi) is 6.18. The van der Waals surface area contributed by atoms with Gasteiger partial charge in [-0.3, -0.25) is 9.59 Å². The molecule has 0 spiro atoms. The molecule has 0 saturated carbocycles. The number of nitrogens with zero attached hydrogens (tertiary/aromatic N) is 2. The van der Waals surface area contributed by atoms with E-state index in [0.717, 1.165) is 0 Å². The van der Waals surface area contributed by atoms with E-state index in [1.807, 2.05) is 6.07 Å². The van der Waals surface area contributed by atoms with Crippen LogP contribution in [0.15, 0.2) is 5.38 Å². The Hall–Kier alpha value is -1.59. The van der Waals surface area contributed by atoms with Gasteiger partial charge in [-0.1, -0.05) is 0 Å². The quantitative estimate of drug-likeness (QED) is 0.620. The minimum atomic E-state index is -0.372. The van der Waals surface area contributed by atoms with Crippen molar-refractivity contribution in [1.29, 1.82) is 5.26 Å². The second-order valence-electron chi connectivity index (χ2n) is 3.10. The van der Waals surface area contributed by atoms with Crippen molar-refractivity contribution >= 4 is 40.1 Å². The van der Waals surface area contributed by atoms with E-state index in [1.165, 1.54) is 30.2 Å². The van der Waals surface area contributed by atoms with Gasteiger partial charge in [0.1, 0.15) is 0 Å². The van der Waals surface area contributed by atoms with Crippen molar-refractivity contribution < 1.29 is 14.3 Å². The molecule has 1 amide bonds. The molecule has 18 heavy (non-hydrogen) atoms. The van der Waals surface area contributed by atoms with Crippen LogP contribution in [0.5, 0.6) is 0 Å². The first-order valence-electron chi connectivity index (χ1n) is 4.91. The molecule has 0 bridgehead atoms. The number of aromatic nitrogens is 1. The van der Waals surface area contributed by atoms with Crippen molar-refractivity contribution in [3.63, 3.8) is 0 Å². The van der Waals surface area contributed by atoms with Crippen LogP contribution in [0, 0.1) is 11.3 Å². The topological polar surface area (TPSA) is 92.1 Å². The van der Waals surface area contributed by atoms with Crippen LogP contribution in [0.25, 0.3) is 0 Å². The molecule has 0 aliphatic heterocycles. The lowest BCUT2D eigenvalue weighted by atomic mass is 10.3. The number of nitrogens with one attached hydrogen (secondary N) is 1. The van der Waals surface area contributed by atoms with E-state index in [9.17, 15) is 9.59 Å². The number of carbonyl (C=O) groups is 2. The molecule has 0 unspecified atom stereocenters. The van der Waals surface area contributed by atoms with Gasteiger partial charge >= 0.3 is 5.97 Å². The number of amides is 1. The molecular weight excluding hydrogens is 274 g/mol. The molecule has 1 N–H and O–H groups in total. The Balaban J connectivity index is 2.41. The molecule has 0 fully saturated rings. The van der Waals surface area contributed by atoms with E-state index >= 15 is 0 Å². The Morgan fingerprint density at radius 1 is 1.67 bits per heavy atom.